The highest BCUT2D eigenvalue weighted by atomic mass is 32.2. The first-order chi connectivity index (χ1) is 14.1. The molecular weight excluding hydrogens is 391 g/mol. The maximum absolute atomic E-state index is 14.2. The topological polar surface area (TPSA) is 52.6 Å². The van der Waals surface area contributed by atoms with Crippen LogP contribution in [0.2, 0.25) is 0 Å². The normalized spacial score (nSPS) is 21.5. The van der Waals surface area contributed by atoms with Crippen LogP contribution in [-0.2, 0) is 19.1 Å². The Labute approximate surface area is 173 Å². The average Bonchev–Trinajstić information content (AvgIpc) is 3.10. The van der Waals surface area contributed by atoms with Crippen molar-refractivity contribution in [3.8, 4) is 0 Å². The van der Waals surface area contributed by atoms with Crippen LogP contribution in [0.3, 0.4) is 0 Å². The van der Waals surface area contributed by atoms with Crippen molar-refractivity contribution < 1.29 is 23.5 Å². The standard InChI is InChI=1S/C23H21FO4S/c24-19-16-29-20(15-27-21(25)13-11-17-7-3-1-4-8-17)23(19)28-22(26)14-12-18-9-5-2-6-10-18/h1-14,19-20,23H,15-16H2/b13-11+,14-12+/t19?,20?,23-/m0/s1. The summed E-state index contributed by atoms with van der Waals surface area (Å²) in [6, 6.07) is 18.6. The van der Waals surface area contributed by atoms with E-state index in [1.54, 1.807) is 12.2 Å². The zero-order valence-corrected chi connectivity index (χ0v) is 16.5. The van der Waals surface area contributed by atoms with Crippen molar-refractivity contribution >= 4 is 35.9 Å². The quantitative estimate of drug-likeness (QED) is 0.501. The third kappa shape index (κ3) is 6.61. The number of thioether (sulfide) groups is 1. The lowest BCUT2D eigenvalue weighted by Crippen LogP contribution is -2.35. The Kier molecular flexibility index (Phi) is 7.64. The van der Waals surface area contributed by atoms with Crippen LogP contribution >= 0.6 is 11.8 Å². The van der Waals surface area contributed by atoms with Crippen LogP contribution in [0.15, 0.2) is 72.8 Å². The largest absolute Gasteiger partial charge is 0.461 e. The minimum absolute atomic E-state index is 0.0244. The van der Waals surface area contributed by atoms with Gasteiger partial charge in [0, 0.05) is 17.9 Å². The second-order valence-corrected chi connectivity index (χ2v) is 7.68. The van der Waals surface area contributed by atoms with Gasteiger partial charge in [-0.05, 0) is 23.3 Å². The second-order valence-electron chi connectivity index (χ2n) is 6.41. The molecule has 0 aliphatic carbocycles. The fourth-order valence-electron chi connectivity index (χ4n) is 2.77. The van der Waals surface area contributed by atoms with E-state index in [1.165, 1.54) is 23.9 Å². The van der Waals surface area contributed by atoms with Crippen LogP contribution < -0.4 is 0 Å². The lowest BCUT2D eigenvalue weighted by molar-refractivity contribution is -0.147. The Morgan fingerprint density at radius 3 is 2.07 bits per heavy atom. The Balaban J connectivity index is 1.50. The number of alkyl halides is 1. The summed E-state index contributed by atoms with van der Waals surface area (Å²) in [6.45, 7) is -0.0244. The zero-order valence-electron chi connectivity index (χ0n) is 15.6. The van der Waals surface area contributed by atoms with Gasteiger partial charge in [0.2, 0.25) is 0 Å². The maximum atomic E-state index is 14.2. The van der Waals surface area contributed by atoms with Gasteiger partial charge >= 0.3 is 11.9 Å². The Morgan fingerprint density at radius 2 is 1.48 bits per heavy atom. The fraction of sp³-hybridized carbons (Fsp3) is 0.217. The van der Waals surface area contributed by atoms with Gasteiger partial charge in [-0.3, -0.25) is 0 Å². The molecule has 150 valence electrons. The molecule has 6 heteroatoms. The molecule has 0 aromatic heterocycles. The van der Waals surface area contributed by atoms with Crippen LogP contribution in [0.1, 0.15) is 11.1 Å². The third-order valence-corrected chi connectivity index (χ3v) is 5.60. The van der Waals surface area contributed by atoms with E-state index in [4.69, 9.17) is 9.47 Å². The minimum Gasteiger partial charge on any atom is -0.461 e. The van der Waals surface area contributed by atoms with Crippen molar-refractivity contribution in [2.75, 3.05) is 12.4 Å². The highest BCUT2D eigenvalue weighted by molar-refractivity contribution is 8.00. The molecule has 1 aliphatic heterocycles. The molecule has 2 unspecified atom stereocenters. The number of carbonyl (C=O) groups excluding carboxylic acids is 2. The van der Waals surface area contributed by atoms with E-state index in [0.717, 1.165) is 11.1 Å². The molecule has 2 aromatic carbocycles. The summed E-state index contributed by atoms with van der Waals surface area (Å²) >= 11 is 1.29. The van der Waals surface area contributed by atoms with E-state index in [9.17, 15) is 14.0 Å². The van der Waals surface area contributed by atoms with Crippen molar-refractivity contribution in [3.63, 3.8) is 0 Å². The summed E-state index contributed by atoms with van der Waals surface area (Å²) in [7, 11) is 0. The molecule has 29 heavy (non-hydrogen) atoms. The average molecular weight is 412 g/mol. The fourth-order valence-corrected chi connectivity index (χ4v) is 3.97. The monoisotopic (exact) mass is 412 g/mol. The predicted molar refractivity (Wildman–Crippen MR) is 113 cm³/mol. The van der Waals surface area contributed by atoms with Gasteiger partial charge < -0.3 is 9.47 Å². The summed E-state index contributed by atoms with van der Waals surface area (Å²) in [4.78, 5) is 24.0. The molecule has 1 aliphatic rings. The van der Waals surface area contributed by atoms with E-state index >= 15 is 0 Å². The van der Waals surface area contributed by atoms with Crippen molar-refractivity contribution in [2.24, 2.45) is 0 Å². The lowest BCUT2D eigenvalue weighted by Gasteiger charge is -2.19. The molecule has 0 spiro atoms. The SMILES string of the molecule is O=C(/C=C/c1ccccc1)OCC1SCC(F)[C@@H]1OC(=O)/C=C/c1ccccc1. The number of esters is 2. The number of carbonyl (C=O) groups is 2. The molecular formula is C23H21FO4S. The zero-order chi connectivity index (χ0) is 20.5. The molecule has 1 fully saturated rings. The molecule has 3 atom stereocenters. The number of rotatable bonds is 7. The van der Waals surface area contributed by atoms with E-state index in [1.807, 2.05) is 60.7 Å². The Bertz CT molecular complexity index is 867. The number of halogens is 1. The first kappa shape index (κ1) is 20.9. The van der Waals surface area contributed by atoms with Crippen LogP contribution in [0.4, 0.5) is 4.39 Å². The van der Waals surface area contributed by atoms with Gasteiger partial charge in [0.15, 0.2) is 0 Å². The second kappa shape index (κ2) is 10.6. The molecule has 1 heterocycles. The van der Waals surface area contributed by atoms with E-state index in [-0.39, 0.29) is 12.4 Å². The smallest absolute Gasteiger partial charge is 0.331 e. The molecule has 3 rings (SSSR count). The van der Waals surface area contributed by atoms with Crippen molar-refractivity contribution in [2.45, 2.75) is 17.5 Å². The van der Waals surface area contributed by atoms with E-state index in [2.05, 4.69) is 0 Å². The van der Waals surface area contributed by atoms with Gasteiger partial charge in [0.05, 0.1) is 5.25 Å². The molecule has 0 bridgehead atoms. The van der Waals surface area contributed by atoms with Gasteiger partial charge in [0.25, 0.3) is 0 Å². The number of ether oxygens (including phenoxy) is 2. The van der Waals surface area contributed by atoms with Gasteiger partial charge in [-0.2, -0.15) is 0 Å². The van der Waals surface area contributed by atoms with E-state index < -0.39 is 29.5 Å². The maximum Gasteiger partial charge on any atom is 0.331 e. The molecule has 1 saturated heterocycles. The van der Waals surface area contributed by atoms with Crippen LogP contribution in [0.5, 0.6) is 0 Å². The molecule has 4 nitrogen and oxygen atoms in total. The van der Waals surface area contributed by atoms with Crippen molar-refractivity contribution in [1.29, 1.82) is 0 Å². The van der Waals surface area contributed by atoms with Gasteiger partial charge in [-0.15, -0.1) is 11.8 Å². The van der Waals surface area contributed by atoms with Crippen molar-refractivity contribution in [1.82, 2.24) is 0 Å². The van der Waals surface area contributed by atoms with Gasteiger partial charge in [-0.1, -0.05) is 60.7 Å². The van der Waals surface area contributed by atoms with Crippen LogP contribution in [-0.4, -0.2) is 41.8 Å². The molecule has 0 radical (unpaired) electrons. The first-order valence-corrected chi connectivity index (χ1v) is 10.3. The van der Waals surface area contributed by atoms with Gasteiger partial charge in [-0.25, -0.2) is 14.0 Å². The molecule has 0 amide bonds. The Hall–Kier alpha value is -2.86. The highest BCUT2D eigenvalue weighted by Gasteiger charge is 2.40. The summed E-state index contributed by atoms with van der Waals surface area (Å²) in [5.41, 5.74) is 1.72. The molecule has 2 aromatic rings. The minimum atomic E-state index is -1.29. The summed E-state index contributed by atoms with van der Waals surface area (Å²) in [5, 5.41) is -0.437. The van der Waals surface area contributed by atoms with Crippen LogP contribution in [0.25, 0.3) is 12.2 Å². The highest BCUT2D eigenvalue weighted by Crippen LogP contribution is 2.32. The Morgan fingerprint density at radius 1 is 0.931 bits per heavy atom. The summed E-state index contributed by atoms with van der Waals surface area (Å²) in [6.07, 6.45) is 3.62. The summed E-state index contributed by atoms with van der Waals surface area (Å²) < 4.78 is 24.7. The van der Waals surface area contributed by atoms with E-state index in [0.29, 0.717) is 0 Å². The first-order valence-electron chi connectivity index (χ1n) is 9.21. The predicted octanol–water partition coefficient (Wildman–Crippen LogP) is 4.32. The van der Waals surface area contributed by atoms with Gasteiger partial charge in [0.1, 0.15) is 18.9 Å². The van der Waals surface area contributed by atoms with Crippen LogP contribution in [0, 0.1) is 0 Å². The number of hydrogen-bond acceptors (Lipinski definition) is 5. The third-order valence-electron chi connectivity index (χ3n) is 4.26. The summed E-state index contributed by atoms with van der Waals surface area (Å²) in [5.74, 6) is -0.947. The number of hydrogen-bond donors (Lipinski definition) is 0. The molecule has 0 N–H and O–H groups in total. The lowest BCUT2D eigenvalue weighted by atomic mass is 10.2. The van der Waals surface area contributed by atoms with Crippen molar-refractivity contribution in [3.05, 3.63) is 83.9 Å². The number of benzene rings is 2. The molecule has 0 saturated carbocycles.